The molecule has 20 heavy (non-hydrogen) atoms. The molecule has 3 rings (SSSR count). The summed E-state index contributed by atoms with van der Waals surface area (Å²) < 4.78 is 15.2. The van der Waals surface area contributed by atoms with E-state index < -0.39 is 5.82 Å². The number of aromatic nitrogens is 2. The summed E-state index contributed by atoms with van der Waals surface area (Å²) in [5.41, 5.74) is 0.0268. The van der Waals surface area contributed by atoms with E-state index in [-0.39, 0.29) is 23.6 Å². The van der Waals surface area contributed by atoms with Crippen molar-refractivity contribution in [2.24, 2.45) is 0 Å². The molecule has 0 saturated heterocycles. The highest BCUT2D eigenvalue weighted by Gasteiger charge is 2.21. The Hall–Kier alpha value is -2.21. The molecule has 1 N–H and O–H groups in total. The van der Waals surface area contributed by atoms with Crippen LogP contribution in [0, 0.1) is 5.82 Å². The molecule has 0 aliphatic carbocycles. The first-order chi connectivity index (χ1) is 9.63. The van der Waals surface area contributed by atoms with Crippen molar-refractivity contribution in [2.75, 3.05) is 13.1 Å². The Morgan fingerprint density at radius 2 is 2.25 bits per heavy atom. The Bertz CT molecular complexity index is 654. The van der Waals surface area contributed by atoms with Crippen LogP contribution in [0.3, 0.4) is 0 Å². The summed E-state index contributed by atoms with van der Waals surface area (Å²) in [5.74, 6) is -0.0928. The molecule has 1 aliphatic heterocycles. The molecule has 0 spiro atoms. The van der Waals surface area contributed by atoms with Crippen molar-refractivity contribution >= 4 is 5.78 Å². The largest absolute Gasteiger partial charge is 0.507 e. The monoisotopic (exact) mass is 275 g/mol. The standard InChI is InChI=1S/C14H14FN3O2/c15-10-1-2-12(19)11(7-10)13(20)8-17-5-6-18-4-3-16-14(18)9-17/h1-4,7,19H,5-6,8-9H2. The van der Waals surface area contributed by atoms with Crippen molar-refractivity contribution in [3.8, 4) is 5.75 Å². The van der Waals surface area contributed by atoms with Crippen LogP contribution in [-0.2, 0) is 13.1 Å². The predicted molar refractivity (Wildman–Crippen MR) is 69.9 cm³/mol. The Labute approximate surface area is 115 Å². The second kappa shape index (κ2) is 5.05. The number of hydrogen-bond donors (Lipinski definition) is 1. The van der Waals surface area contributed by atoms with E-state index in [9.17, 15) is 14.3 Å². The van der Waals surface area contributed by atoms with Crippen molar-refractivity contribution in [2.45, 2.75) is 13.1 Å². The fraction of sp³-hybridized carbons (Fsp3) is 0.286. The molecule has 1 aliphatic rings. The molecular formula is C14H14FN3O2. The Morgan fingerprint density at radius 1 is 1.40 bits per heavy atom. The summed E-state index contributed by atoms with van der Waals surface area (Å²) in [6.07, 6.45) is 3.64. The van der Waals surface area contributed by atoms with E-state index >= 15 is 0 Å². The van der Waals surface area contributed by atoms with E-state index in [0.29, 0.717) is 6.54 Å². The maximum atomic E-state index is 13.2. The van der Waals surface area contributed by atoms with E-state index in [1.165, 1.54) is 6.07 Å². The first kappa shape index (κ1) is 12.8. The second-order valence-corrected chi connectivity index (χ2v) is 4.83. The van der Waals surface area contributed by atoms with E-state index in [0.717, 1.165) is 31.0 Å². The van der Waals surface area contributed by atoms with Gasteiger partial charge < -0.3 is 9.67 Å². The third-order valence-corrected chi connectivity index (χ3v) is 3.45. The van der Waals surface area contributed by atoms with Gasteiger partial charge in [0.15, 0.2) is 5.78 Å². The summed E-state index contributed by atoms with van der Waals surface area (Å²) in [6, 6.07) is 3.40. The number of imidazole rings is 1. The van der Waals surface area contributed by atoms with Gasteiger partial charge >= 0.3 is 0 Å². The smallest absolute Gasteiger partial charge is 0.180 e. The number of aromatic hydroxyl groups is 1. The van der Waals surface area contributed by atoms with Crippen LogP contribution < -0.4 is 0 Å². The van der Waals surface area contributed by atoms with Gasteiger partial charge in [0.2, 0.25) is 0 Å². The summed E-state index contributed by atoms with van der Waals surface area (Å²) in [6.45, 7) is 2.22. The van der Waals surface area contributed by atoms with Crippen LogP contribution in [-0.4, -0.2) is 38.4 Å². The molecule has 0 fully saturated rings. The van der Waals surface area contributed by atoms with Gasteiger partial charge in [-0.05, 0) is 18.2 Å². The molecule has 1 aromatic carbocycles. The van der Waals surface area contributed by atoms with Crippen LogP contribution >= 0.6 is 0 Å². The van der Waals surface area contributed by atoms with Crippen molar-refractivity contribution in [3.63, 3.8) is 0 Å². The molecule has 5 nitrogen and oxygen atoms in total. The Balaban J connectivity index is 1.72. The molecule has 0 unspecified atom stereocenters. The minimum absolute atomic E-state index is 0.0268. The number of halogens is 1. The number of hydrogen-bond acceptors (Lipinski definition) is 4. The van der Waals surface area contributed by atoms with E-state index in [1.54, 1.807) is 6.20 Å². The normalized spacial score (nSPS) is 15.1. The lowest BCUT2D eigenvalue weighted by Gasteiger charge is -2.26. The molecule has 2 heterocycles. The first-order valence-electron chi connectivity index (χ1n) is 6.37. The van der Waals surface area contributed by atoms with Crippen LogP contribution in [0.15, 0.2) is 30.6 Å². The quantitative estimate of drug-likeness (QED) is 0.861. The molecule has 6 heteroatoms. The van der Waals surface area contributed by atoms with Crippen molar-refractivity contribution in [1.82, 2.24) is 14.5 Å². The predicted octanol–water partition coefficient (Wildman–Crippen LogP) is 1.43. The molecular weight excluding hydrogens is 261 g/mol. The third kappa shape index (κ3) is 2.42. The molecule has 1 aromatic heterocycles. The van der Waals surface area contributed by atoms with E-state index in [1.807, 2.05) is 15.7 Å². The molecule has 104 valence electrons. The molecule has 2 aromatic rings. The van der Waals surface area contributed by atoms with Crippen molar-refractivity contribution < 1.29 is 14.3 Å². The fourth-order valence-corrected chi connectivity index (χ4v) is 2.38. The highest BCUT2D eigenvalue weighted by molar-refractivity contribution is 6.00. The minimum atomic E-state index is -0.527. The number of benzene rings is 1. The van der Waals surface area contributed by atoms with Crippen LogP contribution in [0.1, 0.15) is 16.2 Å². The zero-order chi connectivity index (χ0) is 14.1. The van der Waals surface area contributed by atoms with Crippen LogP contribution in [0.2, 0.25) is 0 Å². The number of carbonyl (C=O) groups excluding carboxylic acids is 1. The summed E-state index contributed by atoms with van der Waals surface area (Å²) in [7, 11) is 0. The molecule has 0 radical (unpaired) electrons. The molecule has 0 bridgehead atoms. The SMILES string of the molecule is O=C(CN1CCn2ccnc2C1)c1cc(F)ccc1O. The number of nitrogens with zero attached hydrogens (tertiary/aromatic N) is 3. The lowest BCUT2D eigenvalue weighted by Crippen LogP contribution is -2.37. The van der Waals surface area contributed by atoms with Crippen molar-refractivity contribution in [1.29, 1.82) is 0 Å². The zero-order valence-electron chi connectivity index (χ0n) is 10.8. The average Bonchev–Trinajstić information content (AvgIpc) is 2.89. The summed E-state index contributed by atoms with van der Waals surface area (Å²) in [4.78, 5) is 18.3. The highest BCUT2D eigenvalue weighted by atomic mass is 19.1. The number of Topliss-reactive ketones (excluding diaryl/α,β-unsaturated/α-hetero) is 1. The Kier molecular flexibility index (Phi) is 3.23. The van der Waals surface area contributed by atoms with Crippen LogP contribution in [0.4, 0.5) is 4.39 Å². The topological polar surface area (TPSA) is 58.4 Å². The van der Waals surface area contributed by atoms with Gasteiger partial charge in [-0.1, -0.05) is 0 Å². The van der Waals surface area contributed by atoms with Gasteiger partial charge in [-0.15, -0.1) is 0 Å². The fourth-order valence-electron chi connectivity index (χ4n) is 2.38. The number of rotatable bonds is 3. The molecule has 0 atom stereocenters. The van der Waals surface area contributed by atoms with Gasteiger partial charge in [-0.25, -0.2) is 9.37 Å². The molecule has 0 saturated carbocycles. The van der Waals surface area contributed by atoms with Crippen molar-refractivity contribution in [3.05, 3.63) is 47.8 Å². The number of carbonyl (C=O) groups is 1. The number of phenolic OH excluding ortho intramolecular Hbond substituents is 1. The lowest BCUT2D eigenvalue weighted by atomic mass is 10.1. The summed E-state index contributed by atoms with van der Waals surface area (Å²) in [5, 5.41) is 9.64. The lowest BCUT2D eigenvalue weighted by molar-refractivity contribution is 0.0905. The average molecular weight is 275 g/mol. The maximum absolute atomic E-state index is 13.2. The van der Waals surface area contributed by atoms with Gasteiger partial charge in [0, 0.05) is 25.5 Å². The Morgan fingerprint density at radius 3 is 3.10 bits per heavy atom. The van der Waals surface area contributed by atoms with Gasteiger partial charge in [0.1, 0.15) is 17.4 Å². The zero-order valence-corrected chi connectivity index (χ0v) is 10.8. The van der Waals surface area contributed by atoms with Gasteiger partial charge in [0.05, 0.1) is 18.7 Å². The van der Waals surface area contributed by atoms with Crippen LogP contribution in [0.25, 0.3) is 0 Å². The minimum Gasteiger partial charge on any atom is -0.507 e. The summed E-state index contributed by atoms with van der Waals surface area (Å²) >= 11 is 0. The molecule has 0 amide bonds. The van der Waals surface area contributed by atoms with E-state index in [4.69, 9.17) is 0 Å². The number of phenols is 1. The first-order valence-corrected chi connectivity index (χ1v) is 6.37. The number of ketones is 1. The van der Waals surface area contributed by atoms with E-state index in [2.05, 4.69) is 4.98 Å². The maximum Gasteiger partial charge on any atom is 0.180 e. The number of fused-ring (bicyclic) bond motifs is 1. The van der Waals surface area contributed by atoms with Gasteiger partial charge in [-0.2, -0.15) is 0 Å². The second-order valence-electron chi connectivity index (χ2n) is 4.83. The third-order valence-electron chi connectivity index (χ3n) is 3.45. The van der Waals surface area contributed by atoms with Crippen LogP contribution in [0.5, 0.6) is 5.75 Å². The highest BCUT2D eigenvalue weighted by Crippen LogP contribution is 2.19. The van der Waals surface area contributed by atoms with Gasteiger partial charge in [-0.3, -0.25) is 9.69 Å². The van der Waals surface area contributed by atoms with Gasteiger partial charge in [0.25, 0.3) is 0 Å².